The number of hydrogen-bond donors (Lipinski definition) is 1. The fourth-order valence-electron chi connectivity index (χ4n) is 1.85. The summed E-state index contributed by atoms with van der Waals surface area (Å²) >= 11 is 0. The summed E-state index contributed by atoms with van der Waals surface area (Å²) in [4.78, 5) is 11.7. The van der Waals surface area contributed by atoms with Crippen molar-refractivity contribution in [1.82, 2.24) is 5.32 Å². The van der Waals surface area contributed by atoms with Crippen molar-refractivity contribution in [3.05, 3.63) is 42.5 Å². The van der Waals surface area contributed by atoms with E-state index in [0.29, 0.717) is 12.6 Å². The normalized spacial score (nSPS) is 10.3. The molecule has 0 amide bonds. The molecular weight excluding hydrogens is 274 g/mol. The molecule has 20 heavy (non-hydrogen) atoms. The Morgan fingerprint density at radius 3 is 2.60 bits per heavy atom. The van der Waals surface area contributed by atoms with Crippen LogP contribution < -0.4 is 10.1 Å². The van der Waals surface area contributed by atoms with E-state index in [1.54, 1.807) is 0 Å². The number of ether oxygens (including phenoxy) is 1. The fourth-order valence-corrected chi connectivity index (χ4v) is 1.85. The largest absolute Gasteiger partial charge is 0.485 e. The first-order valence-electron chi connectivity index (χ1n) is 6.52. The number of carbonyl (C=O) groups is 1. The molecule has 0 aromatic heterocycles. The van der Waals surface area contributed by atoms with Crippen LogP contribution >= 0.6 is 12.4 Å². The van der Waals surface area contributed by atoms with Gasteiger partial charge in [-0.1, -0.05) is 50.2 Å². The van der Waals surface area contributed by atoms with Crippen LogP contribution in [0.4, 0.5) is 0 Å². The number of fused-ring (bicyclic) bond motifs is 1. The molecule has 0 aliphatic heterocycles. The highest BCUT2D eigenvalue weighted by Crippen LogP contribution is 2.24. The minimum absolute atomic E-state index is 0. The zero-order chi connectivity index (χ0) is 13.7. The summed E-state index contributed by atoms with van der Waals surface area (Å²) in [7, 11) is 0. The van der Waals surface area contributed by atoms with Crippen molar-refractivity contribution < 1.29 is 9.53 Å². The van der Waals surface area contributed by atoms with Crippen molar-refractivity contribution in [3.63, 3.8) is 0 Å². The van der Waals surface area contributed by atoms with E-state index in [1.807, 2.05) is 56.3 Å². The van der Waals surface area contributed by atoms with Gasteiger partial charge in [-0.2, -0.15) is 0 Å². The number of halogens is 1. The summed E-state index contributed by atoms with van der Waals surface area (Å²) < 4.78 is 5.62. The number of benzene rings is 2. The van der Waals surface area contributed by atoms with Gasteiger partial charge in [-0.15, -0.1) is 12.4 Å². The van der Waals surface area contributed by atoms with Gasteiger partial charge in [0, 0.05) is 11.4 Å². The Morgan fingerprint density at radius 2 is 1.85 bits per heavy atom. The van der Waals surface area contributed by atoms with E-state index in [1.165, 1.54) is 0 Å². The molecule has 0 aliphatic carbocycles. The average molecular weight is 294 g/mol. The van der Waals surface area contributed by atoms with Gasteiger partial charge >= 0.3 is 0 Å². The fraction of sp³-hybridized carbons (Fsp3) is 0.312. The zero-order valence-corrected chi connectivity index (χ0v) is 12.6. The second-order valence-corrected chi connectivity index (χ2v) is 4.84. The molecule has 0 bridgehead atoms. The van der Waals surface area contributed by atoms with Crippen molar-refractivity contribution in [3.8, 4) is 5.75 Å². The topological polar surface area (TPSA) is 38.3 Å². The molecule has 3 nitrogen and oxygen atoms in total. The van der Waals surface area contributed by atoms with Crippen LogP contribution in [0.3, 0.4) is 0 Å². The zero-order valence-electron chi connectivity index (χ0n) is 11.8. The van der Waals surface area contributed by atoms with Crippen molar-refractivity contribution in [2.75, 3.05) is 13.2 Å². The Bertz CT molecular complexity index is 564. The Hall–Kier alpha value is -1.58. The number of hydrogen-bond acceptors (Lipinski definition) is 3. The first-order valence-corrected chi connectivity index (χ1v) is 6.52. The molecule has 0 fully saturated rings. The van der Waals surface area contributed by atoms with Gasteiger partial charge in [-0.05, 0) is 11.5 Å². The van der Waals surface area contributed by atoms with Gasteiger partial charge in [-0.25, -0.2) is 0 Å². The highest BCUT2D eigenvalue weighted by molar-refractivity contribution is 5.89. The number of ketones is 1. The van der Waals surface area contributed by atoms with E-state index in [2.05, 4.69) is 5.32 Å². The van der Waals surface area contributed by atoms with E-state index >= 15 is 0 Å². The monoisotopic (exact) mass is 293 g/mol. The molecule has 0 aliphatic rings. The van der Waals surface area contributed by atoms with Crippen molar-refractivity contribution in [2.45, 2.75) is 19.9 Å². The van der Waals surface area contributed by atoms with E-state index in [-0.39, 0.29) is 24.8 Å². The third kappa shape index (κ3) is 4.51. The number of Topliss-reactive ketones (excluding diaryl/α,β-unsaturated/α-hetero) is 1. The third-order valence-electron chi connectivity index (χ3n) is 2.85. The molecule has 0 saturated heterocycles. The Kier molecular flexibility index (Phi) is 6.49. The Morgan fingerprint density at radius 1 is 1.15 bits per heavy atom. The van der Waals surface area contributed by atoms with Gasteiger partial charge in [0.2, 0.25) is 0 Å². The third-order valence-corrected chi connectivity index (χ3v) is 2.85. The predicted molar refractivity (Wildman–Crippen MR) is 84.8 cm³/mol. The highest BCUT2D eigenvalue weighted by Gasteiger charge is 2.06. The molecule has 1 N–H and O–H groups in total. The minimum atomic E-state index is 0. The Balaban J connectivity index is 0.00000200. The van der Waals surface area contributed by atoms with Crippen LogP contribution in [0.5, 0.6) is 5.75 Å². The molecule has 2 rings (SSSR count). The molecule has 4 heteroatoms. The lowest BCUT2D eigenvalue weighted by atomic mass is 10.1. The average Bonchev–Trinajstić information content (AvgIpc) is 2.42. The van der Waals surface area contributed by atoms with Gasteiger partial charge < -0.3 is 10.1 Å². The minimum Gasteiger partial charge on any atom is -0.485 e. The molecule has 2 aromatic rings. The lowest BCUT2D eigenvalue weighted by molar-refractivity contribution is -0.120. The molecule has 0 saturated carbocycles. The predicted octanol–water partition coefficient (Wildman–Crippen LogP) is 3.21. The summed E-state index contributed by atoms with van der Waals surface area (Å²) in [5, 5.41) is 5.24. The maximum Gasteiger partial charge on any atom is 0.183 e. The molecule has 2 aromatic carbocycles. The van der Waals surface area contributed by atoms with Crippen LogP contribution in [0, 0.1) is 0 Å². The second-order valence-electron chi connectivity index (χ2n) is 4.84. The van der Waals surface area contributed by atoms with Crippen LogP contribution in [0.15, 0.2) is 42.5 Å². The van der Waals surface area contributed by atoms with Gasteiger partial charge in [0.1, 0.15) is 12.4 Å². The number of rotatable bonds is 6. The van der Waals surface area contributed by atoms with E-state index < -0.39 is 0 Å². The molecular formula is C16H20ClNO2. The molecule has 0 unspecified atom stereocenters. The highest BCUT2D eigenvalue weighted by atomic mass is 35.5. The Labute approximate surface area is 125 Å². The molecule has 0 spiro atoms. The molecule has 0 heterocycles. The summed E-state index contributed by atoms with van der Waals surface area (Å²) in [6.07, 6.45) is 0. The van der Waals surface area contributed by atoms with Crippen molar-refractivity contribution >= 4 is 29.0 Å². The summed E-state index contributed by atoms with van der Waals surface area (Å²) in [6, 6.07) is 14.2. The van der Waals surface area contributed by atoms with E-state index in [4.69, 9.17) is 4.74 Å². The van der Waals surface area contributed by atoms with Crippen molar-refractivity contribution in [1.29, 1.82) is 0 Å². The smallest absolute Gasteiger partial charge is 0.183 e. The SMILES string of the molecule is CC(C)NCC(=O)COc1cccc2ccccc12.Cl. The van der Waals surface area contributed by atoms with E-state index in [0.717, 1.165) is 16.5 Å². The number of carbonyl (C=O) groups excluding carboxylic acids is 1. The first kappa shape index (κ1) is 16.5. The second kappa shape index (κ2) is 7.88. The maximum absolute atomic E-state index is 11.7. The van der Waals surface area contributed by atoms with Gasteiger partial charge in [0.15, 0.2) is 5.78 Å². The standard InChI is InChI=1S/C16H19NO2.ClH/c1-12(2)17-10-14(18)11-19-16-9-5-7-13-6-3-4-8-15(13)16;/h3-9,12,17H,10-11H2,1-2H3;1H. The summed E-state index contributed by atoms with van der Waals surface area (Å²) in [5.74, 6) is 0.817. The first-order chi connectivity index (χ1) is 9.16. The van der Waals surface area contributed by atoms with Gasteiger partial charge in [-0.3, -0.25) is 4.79 Å². The van der Waals surface area contributed by atoms with Crippen molar-refractivity contribution in [2.24, 2.45) is 0 Å². The molecule has 0 radical (unpaired) electrons. The van der Waals surface area contributed by atoms with Crippen LogP contribution in [0.25, 0.3) is 10.8 Å². The van der Waals surface area contributed by atoms with Crippen LogP contribution in [-0.2, 0) is 4.79 Å². The van der Waals surface area contributed by atoms with Gasteiger partial charge in [0.05, 0.1) is 6.54 Å². The number of nitrogens with one attached hydrogen (secondary N) is 1. The lowest BCUT2D eigenvalue weighted by Gasteiger charge is -2.10. The summed E-state index contributed by atoms with van der Waals surface area (Å²) in [5.41, 5.74) is 0. The van der Waals surface area contributed by atoms with Gasteiger partial charge in [0.25, 0.3) is 0 Å². The maximum atomic E-state index is 11.7. The molecule has 108 valence electrons. The van der Waals surface area contributed by atoms with E-state index in [9.17, 15) is 4.79 Å². The summed E-state index contributed by atoms with van der Waals surface area (Å²) in [6.45, 7) is 4.48. The quantitative estimate of drug-likeness (QED) is 0.889. The molecule has 0 atom stereocenters. The van der Waals surface area contributed by atoms with Crippen LogP contribution in [0.1, 0.15) is 13.8 Å². The van der Waals surface area contributed by atoms with Crippen LogP contribution in [-0.4, -0.2) is 25.0 Å². The lowest BCUT2D eigenvalue weighted by Crippen LogP contribution is -2.31. The van der Waals surface area contributed by atoms with Crippen LogP contribution in [0.2, 0.25) is 0 Å².